The molecule has 0 atom stereocenters. The van der Waals surface area contributed by atoms with Crippen molar-refractivity contribution >= 4 is 22.8 Å². The van der Waals surface area contributed by atoms with Gasteiger partial charge in [0.25, 0.3) is 0 Å². The predicted octanol–water partition coefficient (Wildman–Crippen LogP) is 2.17. The Morgan fingerprint density at radius 2 is 1.54 bits per heavy atom. The van der Waals surface area contributed by atoms with E-state index in [1.807, 2.05) is 18.2 Å². The lowest BCUT2D eigenvalue weighted by Gasteiger charge is -2.06. The lowest BCUT2D eigenvalue weighted by Crippen LogP contribution is -2.16. The summed E-state index contributed by atoms with van der Waals surface area (Å²) in [5.41, 5.74) is 0.702. The molecule has 0 fully saturated rings. The first-order valence-electron chi connectivity index (χ1n) is 7.85. The molecule has 1 rings (SSSR count). The summed E-state index contributed by atoms with van der Waals surface area (Å²) in [5.74, 6) is 0.236. The molecule has 0 heterocycles. The maximum Gasteiger partial charge on any atom is 0.332 e. The van der Waals surface area contributed by atoms with Crippen molar-refractivity contribution in [1.29, 1.82) is 0 Å². The third kappa shape index (κ3) is 10.4. The minimum absolute atomic E-state index is 0.0502. The SMILES string of the molecule is CCOC(=O)COCCOCCOCCSC(=O)c1ccccc1. The molecular weight excluding hydrogens is 332 g/mol. The minimum atomic E-state index is -0.372. The Morgan fingerprint density at radius 3 is 2.21 bits per heavy atom. The second-order valence-corrected chi connectivity index (χ2v) is 5.65. The highest BCUT2D eigenvalue weighted by molar-refractivity contribution is 8.14. The number of esters is 1. The van der Waals surface area contributed by atoms with E-state index in [0.717, 1.165) is 0 Å². The van der Waals surface area contributed by atoms with Crippen LogP contribution in [0.15, 0.2) is 30.3 Å². The molecule has 0 saturated heterocycles. The summed E-state index contributed by atoms with van der Waals surface area (Å²) in [5, 5.41) is 0.0502. The van der Waals surface area contributed by atoms with Crippen LogP contribution in [0.1, 0.15) is 17.3 Å². The number of hydrogen-bond acceptors (Lipinski definition) is 7. The maximum absolute atomic E-state index is 11.8. The van der Waals surface area contributed by atoms with Crippen LogP contribution in [0.25, 0.3) is 0 Å². The van der Waals surface area contributed by atoms with Gasteiger partial charge in [-0.15, -0.1) is 0 Å². The number of hydrogen-bond donors (Lipinski definition) is 0. The van der Waals surface area contributed by atoms with Crippen LogP contribution in [-0.2, 0) is 23.7 Å². The van der Waals surface area contributed by atoms with Crippen LogP contribution in [0.4, 0.5) is 0 Å². The molecule has 1 aromatic rings. The van der Waals surface area contributed by atoms with Gasteiger partial charge in [-0.25, -0.2) is 4.79 Å². The first kappa shape index (κ1) is 20.6. The molecule has 7 heteroatoms. The van der Waals surface area contributed by atoms with E-state index in [9.17, 15) is 9.59 Å². The molecule has 0 N–H and O–H groups in total. The van der Waals surface area contributed by atoms with Crippen LogP contribution in [0.5, 0.6) is 0 Å². The largest absolute Gasteiger partial charge is 0.464 e. The molecule has 0 saturated carbocycles. The summed E-state index contributed by atoms with van der Waals surface area (Å²) in [7, 11) is 0. The van der Waals surface area contributed by atoms with Gasteiger partial charge in [0.2, 0.25) is 5.12 Å². The Bertz CT molecular complexity index is 465. The van der Waals surface area contributed by atoms with E-state index in [-0.39, 0.29) is 17.7 Å². The van der Waals surface area contributed by atoms with Crippen molar-refractivity contribution in [3.8, 4) is 0 Å². The van der Waals surface area contributed by atoms with Crippen molar-refractivity contribution in [2.24, 2.45) is 0 Å². The number of rotatable bonds is 13. The molecule has 0 aromatic heterocycles. The highest BCUT2D eigenvalue weighted by Crippen LogP contribution is 2.11. The number of carbonyl (C=O) groups is 2. The van der Waals surface area contributed by atoms with Gasteiger partial charge in [-0.1, -0.05) is 42.1 Å². The fraction of sp³-hybridized carbons (Fsp3) is 0.529. The van der Waals surface area contributed by atoms with E-state index in [1.165, 1.54) is 11.8 Å². The number of benzene rings is 1. The van der Waals surface area contributed by atoms with Gasteiger partial charge in [0, 0.05) is 11.3 Å². The van der Waals surface area contributed by atoms with E-state index in [4.69, 9.17) is 18.9 Å². The number of thioether (sulfide) groups is 1. The summed E-state index contributed by atoms with van der Waals surface area (Å²) in [4.78, 5) is 22.8. The summed E-state index contributed by atoms with van der Waals surface area (Å²) in [6.07, 6.45) is 0. The van der Waals surface area contributed by atoms with E-state index < -0.39 is 0 Å². The fourth-order valence-electron chi connectivity index (χ4n) is 1.65. The molecule has 0 radical (unpaired) electrons. The third-order valence-electron chi connectivity index (χ3n) is 2.74. The molecule has 134 valence electrons. The van der Waals surface area contributed by atoms with Crippen molar-refractivity contribution < 1.29 is 28.5 Å². The van der Waals surface area contributed by atoms with Crippen molar-refractivity contribution in [3.63, 3.8) is 0 Å². The zero-order valence-corrected chi connectivity index (χ0v) is 14.7. The van der Waals surface area contributed by atoms with Gasteiger partial charge in [-0.2, -0.15) is 0 Å². The normalized spacial score (nSPS) is 10.5. The zero-order chi connectivity index (χ0) is 17.5. The molecule has 0 aliphatic rings. The number of carbonyl (C=O) groups excluding carboxylic acids is 2. The van der Waals surface area contributed by atoms with Crippen LogP contribution < -0.4 is 0 Å². The van der Waals surface area contributed by atoms with Crippen LogP contribution in [0, 0.1) is 0 Å². The Balaban J connectivity index is 1.86. The van der Waals surface area contributed by atoms with Crippen molar-refractivity contribution in [1.82, 2.24) is 0 Å². The maximum atomic E-state index is 11.8. The van der Waals surface area contributed by atoms with E-state index in [2.05, 4.69) is 0 Å². The van der Waals surface area contributed by atoms with Gasteiger partial charge in [0.15, 0.2) is 0 Å². The van der Waals surface area contributed by atoms with Crippen molar-refractivity contribution in [2.45, 2.75) is 6.92 Å². The second-order valence-electron chi connectivity index (χ2n) is 4.58. The fourth-order valence-corrected chi connectivity index (χ4v) is 2.34. The minimum Gasteiger partial charge on any atom is -0.464 e. The highest BCUT2D eigenvalue weighted by atomic mass is 32.2. The van der Waals surface area contributed by atoms with Gasteiger partial charge in [0.1, 0.15) is 6.61 Å². The Kier molecular flexibility index (Phi) is 12.0. The molecule has 24 heavy (non-hydrogen) atoms. The molecule has 0 aliphatic heterocycles. The molecule has 0 aliphatic carbocycles. The topological polar surface area (TPSA) is 71.1 Å². The molecule has 6 nitrogen and oxygen atoms in total. The van der Waals surface area contributed by atoms with Gasteiger partial charge in [-0.3, -0.25) is 4.79 Å². The van der Waals surface area contributed by atoms with E-state index in [1.54, 1.807) is 19.1 Å². The van der Waals surface area contributed by atoms with Crippen molar-refractivity contribution in [2.75, 3.05) is 52.0 Å². The second kappa shape index (κ2) is 14.0. The third-order valence-corrected chi connectivity index (χ3v) is 3.61. The molecular formula is C17H24O6S. The molecule has 0 bridgehead atoms. The van der Waals surface area contributed by atoms with Gasteiger partial charge >= 0.3 is 5.97 Å². The highest BCUT2D eigenvalue weighted by Gasteiger charge is 2.05. The number of ether oxygens (including phenoxy) is 4. The standard InChI is InChI=1S/C17H24O6S/c1-2-23-16(18)14-22-11-10-20-8-9-21-12-13-24-17(19)15-6-4-3-5-7-15/h3-7H,2,8-14H2,1H3. The lowest BCUT2D eigenvalue weighted by molar-refractivity contribution is -0.148. The Morgan fingerprint density at radius 1 is 0.917 bits per heavy atom. The average Bonchev–Trinajstić information content (AvgIpc) is 2.60. The van der Waals surface area contributed by atoms with Crippen LogP contribution >= 0.6 is 11.8 Å². The summed E-state index contributed by atoms with van der Waals surface area (Å²) in [6, 6.07) is 9.17. The smallest absolute Gasteiger partial charge is 0.332 e. The molecule has 0 amide bonds. The van der Waals surface area contributed by atoms with E-state index in [0.29, 0.717) is 51.0 Å². The Hall–Kier alpha value is -1.41. The van der Waals surface area contributed by atoms with Gasteiger partial charge < -0.3 is 18.9 Å². The first-order chi connectivity index (χ1) is 11.7. The monoisotopic (exact) mass is 356 g/mol. The zero-order valence-electron chi connectivity index (χ0n) is 13.9. The molecule has 0 spiro atoms. The summed E-state index contributed by atoms with van der Waals surface area (Å²) < 4.78 is 20.5. The summed E-state index contributed by atoms with van der Waals surface area (Å²) >= 11 is 1.24. The van der Waals surface area contributed by atoms with Gasteiger partial charge in [-0.05, 0) is 6.92 Å². The van der Waals surface area contributed by atoms with Crippen LogP contribution in [0.2, 0.25) is 0 Å². The van der Waals surface area contributed by atoms with Crippen LogP contribution in [-0.4, -0.2) is 63.1 Å². The molecule has 0 unspecified atom stereocenters. The van der Waals surface area contributed by atoms with Crippen molar-refractivity contribution in [3.05, 3.63) is 35.9 Å². The molecule has 1 aromatic carbocycles. The average molecular weight is 356 g/mol. The van der Waals surface area contributed by atoms with Gasteiger partial charge in [0.05, 0.1) is 39.6 Å². The first-order valence-corrected chi connectivity index (χ1v) is 8.83. The predicted molar refractivity (Wildman–Crippen MR) is 92.3 cm³/mol. The van der Waals surface area contributed by atoms with Crippen LogP contribution in [0.3, 0.4) is 0 Å². The lowest BCUT2D eigenvalue weighted by atomic mass is 10.2. The van der Waals surface area contributed by atoms with E-state index >= 15 is 0 Å². The quantitative estimate of drug-likeness (QED) is 0.396. The Labute approximate surface area is 146 Å². The summed E-state index contributed by atoms with van der Waals surface area (Å²) in [6.45, 7) is 4.16.